The molecule has 7 heteroatoms. The van der Waals surface area contributed by atoms with Crippen LogP contribution in [0.15, 0.2) is 0 Å². The van der Waals surface area contributed by atoms with Crippen LogP contribution in [0.5, 0.6) is 0 Å². The zero-order valence-corrected chi connectivity index (χ0v) is 9.39. The first-order valence-electron chi connectivity index (χ1n) is 4.75. The molecule has 0 saturated carbocycles. The number of carbonyl (C=O) groups is 3. The lowest BCUT2D eigenvalue weighted by molar-refractivity contribution is -0.152. The van der Waals surface area contributed by atoms with Gasteiger partial charge in [-0.2, -0.15) is 0 Å². The van der Waals surface area contributed by atoms with Gasteiger partial charge in [0.1, 0.15) is 6.04 Å². The molecule has 0 aliphatic carbocycles. The van der Waals surface area contributed by atoms with Crippen molar-refractivity contribution in [2.24, 2.45) is 5.73 Å². The van der Waals surface area contributed by atoms with E-state index in [9.17, 15) is 14.4 Å². The van der Waals surface area contributed by atoms with Crippen molar-refractivity contribution in [1.29, 1.82) is 0 Å². The van der Waals surface area contributed by atoms with Gasteiger partial charge in [0, 0.05) is 0 Å². The van der Waals surface area contributed by atoms with Gasteiger partial charge >= 0.3 is 11.9 Å². The first-order chi connectivity index (χ1) is 7.25. The van der Waals surface area contributed by atoms with Crippen LogP contribution in [0, 0.1) is 0 Å². The van der Waals surface area contributed by atoms with Crippen molar-refractivity contribution in [2.75, 3.05) is 0 Å². The highest BCUT2D eigenvalue weighted by Crippen LogP contribution is 1.94. The fourth-order valence-electron chi connectivity index (χ4n) is 0.809. The average Bonchev–Trinajstić information content (AvgIpc) is 2.14. The number of carboxylic acids is 1. The van der Waals surface area contributed by atoms with Gasteiger partial charge in [-0.15, -0.1) is 0 Å². The summed E-state index contributed by atoms with van der Waals surface area (Å²) in [6.07, 6.45) is -0.306. The molecule has 0 aliphatic rings. The van der Waals surface area contributed by atoms with Gasteiger partial charge in [0.15, 0.2) is 6.04 Å². The van der Waals surface area contributed by atoms with Crippen LogP contribution < -0.4 is 11.1 Å². The van der Waals surface area contributed by atoms with Crippen LogP contribution in [0.4, 0.5) is 0 Å². The Morgan fingerprint density at radius 3 is 2.12 bits per heavy atom. The number of carboxylic acid groups (broad SMARTS) is 1. The summed E-state index contributed by atoms with van der Waals surface area (Å²) >= 11 is 0. The molecule has 1 amide bonds. The molecule has 0 fully saturated rings. The second-order valence-corrected chi connectivity index (χ2v) is 3.53. The molecule has 4 N–H and O–H groups in total. The molecule has 0 aromatic heterocycles. The van der Waals surface area contributed by atoms with Crippen molar-refractivity contribution >= 4 is 17.8 Å². The molecule has 0 heterocycles. The molecule has 0 aromatic carbocycles. The maximum Gasteiger partial charge on any atom is 0.330 e. The van der Waals surface area contributed by atoms with Crippen molar-refractivity contribution in [3.63, 3.8) is 0 Å². The highest BCUT2D eigenvalue weighted by molar-refractivity contribution is 6.02. The van der Waals surface area contributed by atoms with Crippen molar-refractivity contribution in [3.05, 3.63) is 0 Å². The maximum absolute atomic E-state index is 11.3. The minimum absolute atomic E-state index is 0.306. The van der Waals surface area contributed by atoms with Gasteiger partial charge < -0.3 is 20.9 Å². The van der Waals surface area contributed by atoms with Gasteiger partial charge in [-0.25, -0.2) is 9.59 Å². The van der Waals surface area contributed by atoms with Gasteiger partial charge in [-0.3, -0.25) is 4.79 Å². The van der Waals surface area contributed by atoms with Gasteiger partial charge in [-0.1, -0.05) is 0 Å². The Balaban J connectivity index is 4.24. The van der Waals surface area contributed by atoms with E-state index in [-0.39, 0.29) is 6.10 Å². The zero-order valence-electron chi connectivity index (χ0n) is 9.39. The SMILES string of the molecule is CC(C)OC(=O)C(C)NC(=O)C(N)C(=O)O. The first-order valence-corrected chi connectivity index (χ1v) is 4.75. The molecular weight excluding hydrogens is 216 g/mol. The van der Waals surface area contributed by atoms with Gasteiger partial charge in [0.2, 0.25) is 5.91 Å². The Kier molecular flexibility index (Phi) is 5.44. The predicted molar refractivity (Wildman–Crippen MR) is 54.4 cm³/mol. The van der Waals surface area contributed by atoms with Crippen molar-refractivity contribution in [1.82, 2.24) is 5.32 Å². The molecule has 0 rings (SSSR count). The van der Waals surface area contributed by atoms with Crippen molar-refractivity contribution < 1.29 is 24.2 Å². The third-order valence-corrected chi connectivity index (χ3v) is 1.61. The van der Waals surface area contributed by atoms with E-state index in [0.717, 1.165) is 0 Å². The number of nitrogens with two attached hydrogens (primary N) is 1. The van der Waals surface area contributed by atoms with E-state index in [2.05, 4.69) is 5.32 Å². The zero-order chi connectivity index (χ0) is 12.9. The Morgan fingerprint density at radius 1 is 1.25 bits per heavy atom. The number of aliphatic carboxylic acids is 1. The van der Waals surface area contributed by atoms with Crippen LogP contribution in [0.25, 0.3) is 0 Å². The second-order valence-electron chi connectivity index (χ2n) is 3.53. The van der Waals surface area contributed by atoms with E-state index in [1.165, 1.54) is 6.92 Å². The fourth-order valence-corrected chi connectivity index (χ4v) is 0.809. The number of hydrogen-bond donors (Lipinski definition) is 3. The van der Waals surface area contributed by atoms with Crippen LogP contribution in [0.1, 0.15) is 20.8 Å². The molecule has 0 saturated heterocycles. The smallest absolute Gasteiger partial charge is 0.330 e. The molecule has 0 aliphatic heterocycles. The first kappa shape index (κ1) is 14.4. The maximum atomic E-state index is 11.3. The van der Waals surface area contributed by atoms with Crippen LogP contribution in [0.3, 0.4) is 0 Å². The Bertz CT molecular complexity index is 290. The van der Waals surface area contributed by atoms with E-state index in [1.807, 2.05) is 0 Å². The lowest BCUT2D eigenvalue weighted by Crippen LogP contribution is -2.51. The lowest BCUT2D eigenvalue weighted by atomic mass is 10.2. The van der Waals surface area contributed by atoms with Crippen molar-refractivity contribution in [3.8, 4) is 0 Å². The fraction of sp³-hybridized carbons (Fsp3) is 0.667. The summed E-state index contributed by atoms with van der Waals surface area (Å²) in [7, 11) is 0. The molecule has 92 valence electrons. The van der Waals surface area contributed by atoms with E-state index < -0.39 is 29.9 Å². The molecule has 7 nitrogen and oxygen atoms in total. The second kappa shape index (κ2) is 6.06. The topological polar surface area (TPSA) is 119 Å². The summed E-state index contributed by atoms with van der Waals surface area (Å²) in [6, 6.07) is -2.62. The molecule has 16 heavy (non-hydrogen) atoms. The standard InChI is InChI=1S/C9H16N2O5/c1-4(2)16-9(15)5(3)11-7(12)6(10)8(13)14/h4-6H,10H2,1-3H3,(H,11,12)(H,13,14). The summed E-state index contributed by atoms with van der Waals surface area (Å²) in [4.78, 5) is 32.8. The van der Waals surface area contributed by atoms with Crippen LogP contribution in [-0.4, -0.2) is 41.1 Å². The van der Waals surface area contributed by atoms with Gasteiger partial charge in [0.05, 0.1) is 6.10 Å². The highest BCUT2D eigenvalue weighted by atomic mass is 16.5. The number of amides is 1. The lowest BCUT2D eigenvalue weighted by Gasteiger charge is -2.16. The van der Waals surface area contributed by atoms with Gasteiger partial charge in [-0.05, 0) is 20.8 Å². The number of ether oxygens (including phenoxy) is 1. The summed E-state index contributed by atoms with van der Waals surface area (Å²) in [6.45, 7) is 4.71. The number of rotatable bonds is 5. The minimum Gasteiger partial charge on any atom is -0.480 e. The summed E-state index contributed by atoms with van der Waals surface area (Å²) in [5.41, 5.74) is 5.05. The number of carbonyl (C=O) groups excluding carboxylic acids is 2. The monoisotopic (exact) mass is 232 g/mol. The molecule has 2 unspecified atom stereocenters. The Labute approximate surface area is 92.9 Å². The average molecular weight is 232 g/mol. The van der Waals surface area contributed by atoms with E-state index in [0.29, 0.717) is 0 Å². The number of hydrogen-bond acceptors (Lipinski definition) is 5. The van der Waals surface area contributed by atoms with Gasteiger partial charge in [0.25, 0.3) is 0 Å². The van der Waals surface area contributed by atoms with Crippen LogP contribution in [-0.2, 0) is 19.1 Å². The van der Waals surface area contributed by atoms with E-state index >= 15 is 0 Å². The molecule has 0 bridgehead atoms. The number of esters is 1. The Hall–Kier alpha value is -1.63. The molecule has 0 radical (unpaired) electrons. The third kappa shape index (κ3) is 4.74. The minimum atomic E-state index is -1.69. The number of nitrogens with one attached hydrogen (secondary N) is 1. The Morgan fingerprint density at radius 2 is 1.75 bits per heavy atom. The largest absolute Gasteiger partial charge is 0.480 e. The molecule has 0 aromatic rings. The van der Waals surface area contributed by atoms with Crippen LogP contribution in [0.2, 0.25) is 0 Å². The summed E-state index contributed by atoms with van der Waals surface area (Å²) < 4.78 is 4.81. The molecule has 0 spiro atoms. The summed E-state index contributed by atoms with van der Waals surface area (Å²) in [5.74, 6) is -3.02. The summed E-state index contributed by atoms with van der Waals surface area (Å²) in [5, 5.41) is 10.6. The van der Waals surface area contributed by atoms with E-state index in [1.54, 1.807) is 13.8 Å². The molecule has 2 atom stereocenters. The highest BCUT2D eigenvalue weighted by Gasteiger charge is 2.25. The quantitative estimate of drug-likeness (QED) is 0.407. The normalized spacial score (nSPS) is 14.1. The molecular formula is C9H16N2O5. The third-order valence-electron chi connectivity index (χ3n) is 1.61. The van der Waals surface area contributed by atoms with Crippen molar-refractivity contribution in [2.45, 2.75) is 39.0 Å². The van der Waals surface area contributed by atoms with E-state index in [4.69, 9.17) is 15.6 Å². The van der Waals surface area contributed by atoms with Crippen LogP contribution >= 0.6 is 0 Å². The predicted octanol–water partition coefficient (Wildman–Crippen LogP) is -1.15.